The van der Waals surface area contributed by atoms with Crippen LogP contribution < -0.4 is 5.32 Å². The molecule has 0 bridgehead atoms. The van der Waals surface area contributed by atoms with Crippen molar-refractivity contribution in [3.63, 3.8) is 0 Å². The van der Waals surface area contributed by atoms with Gasteiger partial charge in [0.2, 0.25) is 0 Å². The van der Waals surface area contributed by atoms with Gasteiger partial charge in [0.1, 0.15) is 5.82 Å². The molecule has 15 heavy (non-hydrogen) atoms. The van der Waals surface area contributed by atoms with Gasteiger partial charge < -0.3 is 5.32 Å². The fourth-order valence-corrected chi connectivity index (χ4v) is 1.40. The third-order valence-corrected chi connectivity index (χ3v) is 2.38. The smallest absolute Gasteiger partial charge is 0.123 e. The molecule has 1 aromatic carbocycles. The second-order valence-corrected chi connectivity index (χ2v) is 5.20. The van der Waals surface area contributed by atoms with Crippen molar-refractivity contribution in [1.82, 2.24) is 0 Å². The van der Waals surface area contributed by atoms with Crippen LogP contribution >= 0.6 is 0 Å². The van der Waals surface area contributed by atoms with Gasteiger partial charge in [-0.25, -0.2) is 4.39 Å². The normalized spacial score (nSPS) is 11.5. The first-order chi connectivity index (χ1) is 6.88. The summed E-state index contributed by atoms with van der Waals surface area (Å²) in [5, 5.41) is 3.33. The van der Waals surface area contributed by atoms with E-state index in [1.165, 1.54) is 6.07 Å². The fraction of sp³-hybridized carbons (Fsp3) is 0.538. The lowest BCUT2D eigenvalue weighted by Crippen LogP contribution is -2.13. The maximum absolute atomic E-state index is 12.8. The van der Waals surface area contributed by atoms with Crippen LogP contribution in [0, 0.1) is 18.2 Å². The van der Waals surface area contributed by atoms with E-state index in [4.69, 9.17) is 0 Å². The number of aryl methyl sites for hydroxylation is 1. The highest BCUT2D eigenvalue weighted by Crippen LogP contribution is 2.20. The van der Waals surface area contributed by atoms with Crippen molar-refractivity contribution < 1.29 is 4.39 Å². The summed E-state index contributed by atoms with van der Waals surface area (Å²) in [7, 11) is 0. The summed E-state index contributed by atoms with van der Waals surface area (Å²) in [5.74, 6) is -0.172. The molecule has 0 saturated carbocycles. The molecular weight excluding hydrogens is 189 g/mol. The molecule has 0 aliphatic carbocycles. The molecule has 0 spiro atoms. The number of hydrogen-bond acceptors (Lipinski definition) is 1. The number of anilines is 1. The quantitative estimate of drug-likeness (QED) is 0.794. The van der Waals surface area contributed by atoms with Gasteiger partial charge in [0.25, 0.3) is 0 Å². The predicted molar refractivity (Wildman–Crippen MR) is 63.7 cm³/mol. The van der Waals surface area contributed by atoms with E-state index in [2.05, 4.69) is 26.1 Å². The topological polar surface area (TPSA) is 12.0 Å². The van der Waals surface area contributed by atoms with Crippen molar-refractivity contribution in [2.24, 2.45) is 5.41 Å². The van der Waals surface area contributed by atoms with Gasteiger partial charge in [0.15, 0.2) is 0 Å². The molecule has 0 radical (unpaired) electrons. The number of hydrogen-bond donors (Lipinski definition) is 1. The molecule has 2 heteroatoms. The number of rotatable bonds is 3. The molecule has 0 heterocycles. The van der Waals surface area contributed by atoms with Crippen molar-refractivity contribution in [3.05, 3.63) is 29.6 Å². The number of halogens is 1. The Morgan fingerprint density at radius 3 is 2.47 bits per heavy atom. The molecule has 0 unspecified atom stereocenters. The van der Waals surface area contributed by atoms with E-state index in [-0.39, 0.29) is 5.82 Å². The van der Waals surface area contributed by atoms with Crippen molar-refractivity contribution in [3.8, 4) is 0 Å². The third-order valence-electron chi connectivity index (χ3n) is 2.38. The Morgan fingerprint density at radius 1 is 1.27 bits per heavy atom. The first kappa shape index (κ1) is 12.0. The van der Waals surface area contributed by atoms with Crippen LogP contribution in [0.25, 0.3) is 0 Å². The molecule has 0 atom stereocenters. The van der Waals surface area contributed by atoms with E-state index in [9.17, 15) is 4.39 Å². The van der Waals surface area contributed by atoms with Crippen LogP contribution in [0.3, 0.4) is 0 Å². The lowest BCUT2D eigenvalue weighted by atomic mass is 9.92. The SMILES string of the molecule is Cc1cc(F)ccc1NCCC(C)(C)C. The van der Waals surface area contributed by atoms with E-state index >= 15 is 0 Å². The van der Waals surface area contributed by atoms with Gasteiger partial charge in [-0.05, 0) is 42.5 Å². The first-order valence-corrected chi connectivity index (χ1v) is 5.38. The fourth-order valence-electron chi connectivity index (χ4n) is 1.40. The Kier molecular flexibility index (Phi) is 3.72. The van der Waals surface area contributed by atoms with Crippen LogP contribution in [-0.4, -0.2) is 6.54 Å². The summed E-state index contributed by atoms with van der Waals surface area (Å²) >= 11 is 0. The molecule has 0 aromatic heterocycles. The molecule has 0 aliphatic heterocycles. The molecule has 1 rings (SSSR count). The zero-order valence-electron chi connectivity index (χ0n) is 10.0. The molecule has 1 nitrogen and oxygen atoms in total. The first-order valence-electron chi connectivity index (χ1n) is 5.38. The molecule has 0 aliphatic rings. The number of nitrogens with one attached hydrogen (secondary N) is 1. The van der Waals surface area contributed by atoms with Crippen LogP contribution in [-0.2, 0) is 0 Å². The van der Waals surface area contributed by atoms with Gasteiger partial charge in [0, 0.05) is 12.2 Å². The Labute approximate surface area is 91.7 Å². The van der Waals surface area contributed by atoms with Crippen molar-refractivity contribution >= 4 is 5.69 Å². The van der Waals surface area contributed by atoms with Gasteiger partial charge in [-0.15, -0.1) is 0 Å². The molecule has 0 saturated heterocycles. The van der Waals surface area contributed by atoms with Crippen LogP contribution in [0.5, 0.6) is 0 Å². The maximum Gasteiger partial charge on any atom is 0.123 e. The Bertz CT molecular complexity index is 326. The summed E-state index contributed by atoms with van der Waals surface area (Å²) < 4.78 is 12.8. The second-order valence-electron chi connectivity index (χ2n) is 5.20. The molecule has 1 N–H and O–H groups in total. The van der Waals surface area contributed by atoms with Gasteiger partial charge in [-0.2, -0.15) is 0 Å². The van der Waals surface area contributed by atoms with Crippen molar-refractivity contribution in [1.29, 1.82) is 0 Å². The summed E-state index contributed by atoms with van der Waals surface area (Å²) in [6.07, 6.45) is 1.10. The average Bonchev–Trinajstić information content (AvgIpc) is 2.07. The molecular formula is C13H20FN. The van der Waals surface area contributed by atoms with E-state index in [0.717, 1.165) is 24.2 Å². The summed E-state index contributed by atoms with van der Waals surface area (Å²) in [4.78, 5) is 0. The molecule has 84 valence electrons. The van der Waals surface area contributed by atoms with E-state index in [1.54, 1.807) is 12.1 Å². The van der Waals surface area contributed by atoms with E-state index < -0.39 is 0 Å². The van der Waals surface area contributed by atoms with Gasteiger partial charge in [0.05, 0.1) is 0 Å². The highest BCUT2D eigenvalue weighted by molar-refractivity contribution is 5.50. The average molecular weight is 209 g/mol. The summed E-state index contributed by atoms with van der Waals surface area (Å²) in [6.45, 7) is 9.49. The zero-order chi connectivity index (χ0) is 11.5. The summed E-state index contributed by atoms with van der Waals surface area (Å²) in [5.41, 5.74) is 2.32. The maximum atomic E-state index is 12.8. The molecule has 0 amide bonds. The van der Waals surface area contributed by atoms with E-state index in [0.29, 0.717) is 5.41 Å². The monoisotopic (exact) mass is 209 g/mol. The standard InChI is InChI=1S/C13H20FN/c1-10-9-11(14)5-6-12(10)15-8-7-13(2,3)4/h5-6,9,15H,7-8H2,1-4H3. The number of benzene rings is 1. The Balaban J connectivity index is 2.51. The highest BCUT2D eigenvalue weighted by atomic mass is 19.1. The second kappa shape index (κ2) is 4.65. The molecule has 1 aromatic rings. The zero-order valence-corrected chi connectivity index (χ0v) is 10.0. The van der Waals surface area contributed by atoms with Crippen LogP contribution in [0.1, 0.15) is 32.8 Å². The van der Waals surface area contributed by atoms with Gasteiger partial charge in [-0.1, -0.05) is 20.8 Å². The van der Waals surface area contributed by atoms with Gasteiger partial charge in [-0.3, -0.25) is 0 Å². The van der Waals surface area contributed by atoms with Crippen LogP contribution in [0.4, 0.5) is 10.1 Å². The molecule has 0 fully saturated rings. The summed E-state index contributed by atoms with van der Waals surface area (Å²) in [6, 6.07) is 4.85. The van der Waals surface area contributed by atoms with Gasteiger partial charge >= 0.3 is 0 Å². The van der Waals surface area contributed by atoms with Crippen LogP contribution in [0.15, 0.2) is 18.2 Å². The minimum absolute atomic E-state index is 0.172. The highest BCUT2D eigenvalue weighted by Gasteiger charge is 2.09. The Hall–Kier alpha value is -1.05. The lowest BCUT2D eigenvalue weighted by molar-refractivity contribution is 0.390. The Morgan fingerprint density at radius 2 is 1.93 bits per heavy atom. The van der Waals surface area contributed by atoms with Crippen LogP contribution in [0.2, 0.25) is 0 Å². The van der Waals surface area contributed by atoms with E-state index in [1.807, 2.05) is 6.92 Å². The third kappa shape index (κ3) is 4.32. The lowest BCUT2D eigenvalue weighted by Gasteiger charge is -2.19. The minimum atomic E-state index is -0.172. The largest absolute Gasteiger partial charge is 0.385 e. The van der Waals surface area contributed by atoms with Crippen molar-refractivity contribution in [2.75, 3.05) is 11.9 Å². The minimum Gasteiger partial charge on any atom is -0.385 e. The predicted octanol–water partition coefficient (Wildman–Crippen LogP) is 3.98. The van der Waals surface area contributed by atoms with Crippen molar-refractivity contribution in [2.45, 2.75) is 34.1 Å².